The molecule has 1 amide bonds. The summed E-state index contributed by atoms with van der Waals surface area (Å²) in [5.41, 5.74) is 7.12. The average Bonchev–Trinajstić information content (AvgIpc) is 3.28. The van der Waals surface area contributed by atoms with E-state index in [0.29, 0.717) is 18.7 Å². The standard InChI is InChI=1S/C14H21N3O3S/c15-9-12-3-1-2-4-13(12)10-21(19,20)17-8-7-16-14(18)11-5-6-11/h1-4,11,17H,5-10,15H2,(H,16,18). The van der Waals surface area contributed by atoms with Gasteiger partial charge in [-0.15, -0.1) is 0 Å². The fourth-order valence-electron chi connectivity index (χ4n) is 2.04. The predicted octanol–water partition coefficient (Wildman–Crippen LogP) is 0.0909. The molecule has 0 atom stereocenters. The summed E-state index contributed by atoms with van der Waals surface area (Å²) in [7, 11) is -3.43. The minimum Gasteiger partial charge on any atom is -0.355 e. The molecule has 1 aliphatic rings. The predicted molar refractivity (Wildman–Crippen MR) is 80.7 cm³/mol. The van der Waals surface area contributed by atoms with Crippen LogP contribution in [0.15, 0.2) is 24.3 Å². The quantitative estimate of drug-likeness (QED) is 0.592. The number of hydrogen-bond donors (Lipinski definition) is 3. The Morgan fingerprint density at radius 1 is 1.19 bits per heavy atom. The Hall–Kier alpha value is -1.44. The Labute approximate surface area is 125 Å². The number of carbonyl (C=O) groups excluding carboxylic acids is 1. The van der Waals surface area contributed by atoms with Crippen molar-refractivity contribution in [3.05, 3.63) is 35.4 Å². The number of nitrogens with two attached hydrogens (primary N) is 1. The molecule has 0 heterocycles. The van der Waals surface area contributed by atoms with Gasteiger partial charge in [0, 0.05) is 25.6 Å². The fraction of sp³-hybridized carbons (Fsp3) is 0.500. The monoisotopic (exact) mass is 311 g/mol. The topological polar surface area (TPSA) is 101 Å². The van der Waals surface area contributed by atoms with Gasteiger partial charge in [0.15, 0.2) is 0 Å². The van der Waals surface area contributed by atoms with Gasteiger partial charge in [0.05, 0.1) is 5.75 Å². The van der Waals surface area contributed by atoms with E-state index < -0.39 is 10.0 Å². The van der Waals surface area contributed by atoms with E-state index >= 15 is 0 Å². The molecule has 0 bridgehead atoms. The molecular weight excluding hydrogens is 290 g/mol. The third-order valence-corrected chi connectivity index (χ3v) is 4.71. The van der Waals surface area contributed by atoms with Crippen LogP contribution < -0.4 is 15.8 Å². The Morgan fingerprint density at radius 3 is 2.48 bits per heavy atom. The first-order valence-electron chi connectivity index (χ1n) is 7.04. The molecule has 1 aromatic rings. The van der Waals surface area contributed by atoms with Gasteiger partial charge >= 0.3 is 0 Å². The summed E-state index contributed by atoms with van der Waals surface area (Å²) in [6.07, 6.45) is 1.88. The Kier molecular flexibility index (Phi) is 5.33. The van der Waals surface area contributed by atoms with Gasteiger partial charge in [-0.2, -0.15) is 0 Å². The summed E-state index contributed by atoms with van der Waals surface area (Å²) in [5.74, 6) is 0.0532. The maximum atomic E-state index is 12.0. The van der Waals surface area contributed by atoms with Crippen molar-refractivity contribution in [2.75, 3.05) is 13.1 Å². The lowest BCUT2D eigenvalue weighted by molar-refractivity contribution is -0.122. The zero-order valence-corrected chi connectivity index (χ0v) is 12.7. The van der Waals surface area contributed by atoms with E-state index in [4.69, 9.17) is 5.73 Å². The van der Waals surface area contributed by atoms with Crippen molar-refractivity contribution in [1.82, 2.24) is 10.0 Å². The molecule has 1 saturated carbocycles. The number of hydrogen-bond acceptors (Lipinski definition) is 4. The van der Waals surface area contributed by atoms with Gasteiger partial charge in [0.2, 0.25) is 15.9 Å². The van der Waals surface area contributed by atoms with Gasteiger partial charge in [0.25, 0.3) is 0 Å². The third kappa shape index (κ3) is 5.11. The first-order chi connectivity index (χ1) is 10.0. The first-order valence-corrected chi connectivity index (χ1v) is 8.69. The number of sulfonamides is 1. The third-order valence-electron chi connectivity index (χ3n) is 3.38. The van der Waals surface area contributed by atoms with E-state index in [0.717, 1.165) is 18.4 Å². The zero-order valence-electron chi connectivity index (χ0n) is 11.8. The summed E-state index contributed by atoms with van der Waals surface area (Å²) in [6, 6.07) is 7.20. The smallest absolute Gasteiger partial charge is 0.223 e. The molecule has 116 valence electrons. The summed E-state index contributed by atoms with van der Waals surface area (Å²) >= 11 is 0. The minimum atomic E-state index is -3.43. The highest BCUT2D eigenvalue weighted by Gasteiger charge is 2.29. The maximum Gasteiger partial charge on any atom is 0.223 e. The zero-order chi connectivity index (χ0) is 15.3. The van der Waals surface area contributed by atoms with Crippen molar-refractivity contribution in [3.63, 3.8) is 0 Å². The van der Waals surface area contributed by atoms with E-state index in [1.54, 1.807) is 12.1 Å². The largest absolute Gasteiger partial charge is 0.355 e. The maximum absolute atomic E-state index is 12.0. The molecule has 1 fully saturated rings. The molecule has 0 radical (unpaired) electrons. The number of benzene rings is 1. The molecule has 21 heavy (non-hydrogen) atoms. The highest BCUT2D eigenvalue weighted by Crippen LogP contribution is 2.28. The molecule has 7 heteroatoms. The van der Waals surface area contributed by atoms with Crippen LogP contribution in [0, 0.1) is 5.92 Å². The van der Waals surface area contributed by atoms with Crippen molar-refractivity contribution in [3.8, 4) is 0 Å². The van der Waals surface area contributed by atoms with Crippen LogP contribution in [0.2, 0.25) is 0 Å². The van der Waals surface area contributed by atoms with Crippen LogP contribution in [0.3, 0.4) is 0 Å². The molecule has 6 nitrogen and oxygen atoms in total. The lowest BCUT2D eigenvalue weighted by Crippen LogP contribution is -2.35. The van der Waals surface area contributed by atoms with Gasteiger partial charge in [-0.1, -0.05) is 24.3 Å². The highest BCUT2D eigenvalue weighted by atomic mass is 32.2. The second-order valence-electron chi connectivity index (χ2n) is 5.19. The lowest BCUT2D eigenvalue weighted by atomic mass is 10.1. The van der Waals surface area contributed by atoms with E-state index in [2.05, 4.69) is 10.0 Å². The van der Waals surface area contributed by atoms with Crippen LogP contribution in [0.1, 0.15) is 24.0 Å². The molecular formula is C14H21N3O3S. The summed E-state index contributed by atoms with van der Waals surface area (Å²) in [6.45, 7) is 0.821. The van der Waals surface area contributed by atoms with Gasteiger partial charge in [-0.25, -0.2) is 13.1 Å². The Morgan fingerprint density at radius 2 is 1.86 bits per heavy atom. The molecule has 4 N–H and O–H groups in total. The fourth-order valence-corrected chi connectivity index (χ4v) is 3.24. The molecule has 0 spiro atoms. The van der Waals surface area contributed by atoms with Crippen LogP contribution in [0.5, 0.6) is 0 Å². The van der Waals surface area contributed by atoms with Crippen molar-refractivity contribution in [2.45, 2.75) is 25.1 Å². The number of rotatable bonds is 8. The minimum absolute atomic E-state index is 0.0164. The molecule has 0 unspecified atom stereocenters. The summed E-state index contributed by atoms with van der Waals surface area (Å²) < 4.78 is 26.5. The molecule has 0 aromatic heterocycles. The van der Waals surface area contributed by atoms with Crippen molar-refractivity contribution in [1.29, 1.82) is 0 Å². The molecule has 1 aromatic carbocycles. The average molecular weight is 311 g/mol. The lowest BCUT2D eigenvalue weighted by Gasteiger charge is -2.10. The van der Waals surface area contributed by atoms with E-state index in [-0.39, 0.29) is 24.1 Å². The van der Waals surface area contributed by atoms with Crippen LogP contribution in [0.4, 0.5) is 0 Å². The van der Waals surface area contributed by atoms with Gasteiger partial charge < -0.3 is 11.1 Å². The number of amides is 1. The van der Waals surface area contributed by atoms with E-state index in [1.807, 2.05) is 12.1 Å². The second-order valence-corrected chi connectivity index (χ2v) is 7.00. The van der Waals surface area contributed by atoms with Crippen molar-refractivity contribution < 1.29 is 13.2 Å². The van der Waals surface area contributed by atoms with Gasteiger partial charge in [-0.3, -0.25) is 4.79 Å². The highest BCUT2D eigenvalue weighted by molar-refractivity contribution is 7.88. The SMILES string of the molecule is NCc1ccccc1CS(=O)(=O)NCCNC(=O)C1CC1. The number of carbonyl (C=O) groups is 1. The van der Waals surface area contributed by atoms with Crippen LogP contribution >= 0.6 is 0 Å². The van der Waals surface area contributed by atoms with Crippen molar-refractivity contribution >= 4 is 15.9 Å². The Bertz CT molecular complexity index is 597. The normalized spacial score (nSPS) is 14.9. The Balaban J connectivity index is 1.79. The van der Waals surface area contributed by atoms with Gasteiger partial charge in [0.1, 0.15) is 0 Å². The summed E-state index contributed by atoms with van der Waals surface area (Å²) in [5, 5.41) is 2.72. The van der Waals surface area contributed by atoms with E-state index in [1.165, 1.54) is 0 Å². The molecule has 2 rings (SSSR count). The molecule has 1 aliphatic carbocycles. The van der Waals surface area contributed by atoms with Gasteiger partial charge in [-0.05, 0) is 24.0 Å². The molecule has 0 aliphatic heterocycles. The van der Waals surface area contributed by atoms with Crippen molar-refractivity contribution in [2.24, 2.45) is 11.7 Å². The first kappa shape index (κ1) is 15.9. The van der Waals surface area contributed by atoms with Crippen LogP contribution in [0.25, 0.3) is 0 Å². The van der Waals surface area contributed by atoms with Crippen LogP contribution in [-0.2, 0) is 27.1 Å². The van der Waals surface area contributed by atoms with E-state index in [9.17, 15) is 13.2 Å². The second kappa shape index (κ2) is 7.02. The summed E-state index contributed by atoms with van der Waals surface area (Å²) in [4.78, 5) is 11.4. The molecule has 0 saturated heterocycles. The number of nitrogens with one attached hydrogen (secondary N) is 2. The van der Waals surface area contributed by atoms with Crippen LogP contribution in [-0.4, -0.2) is 27.4 Å².